The zero-order valence-corrected chi connectivity index (χ0v) is 15.4. The van der Waals surface area contributed by atoms with E-state index in [1.54, 1.807) is 25.4 Å². The number of methoxy groups -OCH3 is 1. The summed E-state index contributed by atoms with van der Waals surface area (Å²) in [7, 11) is -2.11. The minimum absolute atomic E-state index is 0.0321. The molecule has 0 fully saturated rings. The van der Waals surface area contributed by atoms with Crippen LogP contribution in [-0.2, 0) is 14.8 Å². The maximum absolute atomic E-state index is 12.5. The summed E-state index contributed by atoms with van der Waals surface area (Å²) in [5.74, 6) is 0. The largest absolute Gasteiger partial charge is 0.383 e. The number of rotatable bonds is 6. The number of nitrogens with two attached hydrogens (primary N) is 1. The smallest absolute Gasteiger partial charge is 0.258 e. The van der Waals surface area contributed by atoms with E-state index in [1.165, 1.54) is 12.1 Å². The van der Waals surface area contributed by atoms with Crippen molar-refractivity contribution in [2.45, 2.75) is 24.3 Å². The van der Waals surface area contributed by atoms with Gasteiger partial charge >= 0.3 is 0 Å². The quantitative estimate of drug-likeness (QED) is 0.689. The van der Waals surface area contributed by atoms with Crippen molar-refractivity contribution in [2.24, 2.45) is 5.14 Å². The molecular weight excluding hydrogens is 354 g/mol. The molecule has 1 aromatic carbocycles. The first-order valence-corrected chi connectivity index (χ1v) is 9.75. The van der Waals surface area contributed by atoms with E-state index in [9.17, 15) is 13.2 Å². The van der Waals surface area contributed by atoms with Crippen molar-refractivity contribution in [3.63, 3.8) is 0 Å². The van der Waals surface area contributed by atoms with Crippen LogP contribution in [-0.4, -0.2) is 31.7 Å². The summed E-state index contributed by atoms with van der Waals surface area (Å²) in [4.78, 5) is 15.2. The number of ether oxygens (including phenoxy) is 1. The van der Waals surface area contributed by atoms with Gasteiger partial charge in [0.25, 0.3) is 5.56 Å². The first kappa shape index (κ1) is 18.4. The van der Waals surface area contributed by atoms with Crippen molar-refractivity contribution in [3.8, 4) is 11.1 Å². The van der Waals surface area contributed by atoms with Crippen LogP contribution < -0.4 is 10.7 Å². The third-order valence-electron chi connectivity index (χ3n) is 4.47. The number of sulfonamides is 1. The van der Waals surface area contributed by atoms with Gasteiger partial charge in [-0.3, -0.25) is 4.79 Å². The van der Waals surface area contributed by atoms with E-state index in [4.69, 9.17) is 9.88 Å². The molecule has 26 heavy (non-hydrogen) atoms. The molecule has 0 saturated heterocycles. The number of primary sulfonamides is 1. The van der Waals surface area contributed by atoms with E-state index in [-0.39, 0.29) is 16.5 Å². The van der Waals surface area contributed by atoms with E-state index in [0.29, 0.717) is 12.0 Å². The summed E-state index contributed by atoms with van der Waals surface area (Å²) < 4.78 is 30.3. The molecule has 1 atom stereocenters. The molecule has 138 valence electrons. The van der Waals surface area contributed by atoms with Crippen LogP contribution in [0.4, 0.5) is 0 Å². The van der Waals surface area contributed by atoms with Crippen LogP contribution in [0.5, 0.6) is 0 Å². The van der Waals surface area contributed by atoms with Gasteiger partial charge in [0.15, 0.2) is 0 Å². The molecule has 8 heteroatoms. The summed E-state index contributed by atoms with van der Waals surface area (Å²) in [5.41, 5.74) is 2.09. The molecule has 7 nitrogen and oxygen atoms in total. The number of benzene rings is 1. The Kier molecular flexibility index (Phi) is 4.99. The minimum Gasteiger partial charge on any atom is -0.383 e. The maximum atomic E-state index is 12.5. The average Bonchev–Trinajstić information content (AvgIpc) is 3.00. The molecule has 3 N–H and O–H groups in total. The van der Waals surface area contributed by atoms with Gasteiger partial charge in [0.2, 0.25) is 10.0 Å². The van der Waals surface area contributed by atoms with Crippen molar-refractivity contribution >= 4 is 20.9 Å². The lowest BCUT2D eigenvalue weighted by molar-refractivity contribution is 0.155. The summed E-state index contributed by atoms with van der Waals surface area (Å²) in [5, 5.41) is 5.72. The number of H-pyrrole nitrogens is 1. The molecule has 0 aliphatic rings. The number of hydrogen-bond donors (Lipinski definition) is 2. The first-order valence-electron chi connectivity index (χ1n) is 8.21. The molecule has 0 saturated carbocycles. The molecule has 0 radical (unpaired) electrons. The van der Waals surface area contributed by atoms with Gasteiger partial charge in [-0.2, -0.15) is 0 Å². The van der Waals surface area contributed by atoms with Crippen LogP contribution in [0.1, 0.15) is 19.4 Å². The standard InChI is InChI=1S/C18H21N3O4S/c1-3-13(11-25-2)21-10-15(17-16(21)8-9-20-18(17)22)12-4-6-14(7-5-12)26(19,23)24/h4-10,13H,3,11H2,1-2H3,(H,20,22)(H2,19,23,24). The van der Waals surface area contributed by atoms with Gasteiger partial charge < -0.3 is 14.3 Å². The molecule has 3 rings (SSSR count). The summed E-state index contributed by atoms with van der Waals surface area (Å²) in [6, 6.07) is 8.14. The second kappa shape index (κ2) is 7.06. The van der Waals surface area contributed by atoms with E-state index in [1.807, 2.05) is 16.8 Å². The Morgan fingerprint density at radius 1 is 1.23 bits per heavy atom. The first-order chi connectivity index (χ1) is 12.4. The Balaban J connectivity index is 2.22. The van der Waals surface area contributed by atoms with Crippen molar-refractivity contribution in [1.82, 2.24) is 9.55 Å². The minimum atomic E-state index is -3.76. The van der Waals surface area contributed by atoms with Crippen molar-refractivity contribution in [2.75, 3.05) is 13.7 Å². The molecular formula is C18H21N3O4S. The van der Waals surface area contributed by atoms with Crippen molar-refractivity contribution < 1.29 is 13.2 Å². The SMILES string of the molecule is CCC(COC)n1cc(-c2ccc(S(N)(=O)=O)cc2)c2c(=O)[nH]ccc21. The number of aromatic amines is 1. The second-order valence-electron chi connectivity index (χ2n) is 6.10. The third kappa shape index (κ3) is 3.31. The summed E-state index contributed by atoms with van der Waals surface area (Å²) in [6.45, 7) is 2.58. The highest BCUT2D eigenvalue weighted by Gasteiger charge is 2.18. The lowest BCUT2D eigenvalue weighted by atomic mass is 10.1. The fraction of sp³-hybridized carbons (Fsp3) is 0.278. The Morgan fingerprint density at radius 2 is 1.92 bits per heavy atom. The monoisotopic (exact) mass is 375 g/mol. The van der Waals surface area contributed by atoms with Crippen LogP contribution in [0.2, 0.25) is 0 Å². The molecule has 2 heterocycles. The Hall–Kier alpha value is -2.42. The number of pyridine rings is 1. The molecule has 1 unspecified atom stereocenters. The highest BCUT2D eigenvalue weighted by atomic mass is 32.2. The van der Waals surface area contributed by atoms with E-state index >= 15 is 0 Å². The van der Waals surface area contributed by atoms with Gasteiger partial charge in [-0.25, -0.2) is 13.6 Å². The Labute approximate surface area is 151 Å². The van der Waals surface area contributed by atoms with E-state index < -0.39 is 10.0 Å². The lowest BCUT2D eigenvalue weighted by Gasteiger charge is -2.17. The van der Waals surface area contributed by atoms with Crippen LogP contribution in [0.25, 0.3) is 22.0 Å². The van der Waals surface area contributed by atoms with Crippen LogP contribution in [0.3, 0.4) is 0 Å². The third-order valence-corrected chi connectivity index (χ3v) is 5.40. The van der Waals surface area contributed by atoms with Gasteiger partial charge in [-0.1, -0.05) is 19.1 Å². The highest BCUT2D eigenvalue weighted by Crippen LogP contribution is 2.31. The number of hydrogen-bond acceptors (Lipinski definition) is 4. The average molecular weight is 375 g/mol. The normalized spacial score (nSPS) is 13.2. The van der Waals surface area contributed by atoms with E-state index in [2.05, 4.69) is 11.9 Å². The number of nitrogens with one attached hydrogen (secondary N) is 1. The maximum Gasteiger partial charge on any atom is 0.258 e. The molecule has 0 aliphatic heterocycles. The van der Waals surface area contributed by atoms with Gasteiger partial charge in [0.05, 0.1) is 28.4 Å². The molecule has 0 bridgehead atoms. The topological polar surface area (TPSA) is 107 Å². The fourth-order valence-corrected chi connectivity index (χ4v) is 3.66. The number of fused-ring (bicyclic) bond motifs is 1. The predicted molar refractivity (Wildman–Crippen MR) is 101 cm³/mol. The van der Waals surface area contributed by atoms with Crippen molar-refractivity contribution in [3.05, 3.63) is 53.1 Å². The zero-order valence-electron chi connectivity index (χ0n) is 14.6. The fourth-order valence-electron chi connectivity index (χ4n) is 3.15. The Morgan fingerprint density at radius 3 is 2.50 bits per heavy atom. The van der Waals surface area contributed by atoms with Gasteiger partial charge in [0.1, 0.15) is 0 Å². The molecule has 0 amide bonds. The van der Waals surface area contributed by atoms with Gasteiger partial charge in [0, 0.05) is 25.1 Å². The van der Waals surface area contributed by atoms with E-state index in [0.717, 1.165) is 23.1 Å². The molecule has 0 spiro atoms. The van der Waals surface area contributed by atoms with Crippen LogP contribution >= 0.6 is 0 Å². The second-order valence-corrected chi connectivity index (χ2v) is 7.67. The van der Waals surface area contributed by atoms with Crippen LogP contribution in [0.15, 0.2) is 52.4 Å². The zero-order chi connectivity index (χ0) is 18.9. The number of aromatic nitrogens is 2. The predicted octanol–water partition coefficient (Wildman–Crippen LogP) is 2.24. The molecule has 3 aromatic rings. The summed E-state index contributed by atoms with van der Waals surface area (Å²) in [6.07, 6.45) is 4.38. The summed E-state index contributed by atoms with van der Waals surface area (Å²) >= 11 is 0. The van der Waals surface area contributed by atoms with Gasteiger partial charge in [-0.05, 0) is 30.2 Å². The highest BCUT2D eigenvalue weighted by molar-refractivity contribution is 7.89. The lowest BCUT2D eigenvalue weighted by Crippen LogP contribution is -2.13. The number of nitrogens with zero attached hydrogens (tertiary/aromatic N) is 1. The van der Waals surface area contributed by atoms with Gasteiger partial charge in [-0.15, -0.1) is 0 Å². The van der Waals surface area contributed by atoms with Crippen LogP contribution in [0, 0.1) is 0 Å². The molecule has 2 aromatic heterocycles. The van der Waals surface area contributed by atoms with Crippen molar-refractivity contribution in [1.29, 1.82) is 0 Å². The molecule has 0 aliphatic carbocycles. The Bertz CT molecular complexity index is 1080.